The van der Waals surface area contributed by atoms with Crippen LogP contribution in [0.15, 0.2) is 54.6 Å². The molecular weight excluding hydrogens is 350 g/mol. The van der Waals surface area contributed by atoms with Crippen molar-refractivity contribution >= 4 is 17.0 Å². The van der Waals surface area contributed by atoms with Gasteiger partial charge in [-0.2, -0.15) is 0 Å². The third-order valence-electron chi connectivity index (χ3n) is 4.42. The van der Waals surface area contributed by atoms with Crippen LogP contribution in [0, 0.1) is 18.6 Å². The zero-order valence-corrected chi connectivity index (χ0v) is 14.3. The molecule has 3 aromatic carbocycles. The van der Waals surface area contributed by atoms with Gasteiger partial charge in [0.25, 0.3) is 0 Å². The van der Waals surface area contributed by atoms with Crippen molar-refractivity contribution in [2.24, 2.45) is 0 Å². The van der Waals surface area contributed by atoms with Crippen molar-refractivity contribution in [1.29, 1.82) is 0 Å². The summed E-state index contributed by atoms with van der Waals surface area (Å²) in [5.41, 5.74) is 3.29. The zero-order chi connectivity index (χ0) is 19.1. The predicted octanol–water partition coefficient (Wildman–Crippen LogP) is 5.18. The fourth-order valence-electron chi connectivity index (χ4n) is 3.14. The number of aromatic amines is 1. The molecule has 0 unspecified atom stereocenters. The van der Waals surface area contributed by atoms with E-state index in [1.54, 1.807) is 37.3 Å². The molecule has 0 saturated heterocycles. The summed E-state index contributed by atoms with van der Waals surface area (Å²) in [6.45, 7) is 1.76. The number of H-pyrrole nitrogens is 1. The van der Waals surface area contributed by atoms with Gasteiger partial charge in [0.1, 0.15) is 11.3 Å². The average Bonchev–Trinajstić information content (AvgIpc) is 3.03. The van der Waals surface area contributed by atoms with Gasteiger partial charge in [0.05, 0.1) is 11.1 Å². The molecule has 0 spiro atoms. The number of fused-ring (bicyclic) bond motifs is 1. The first-order valence-electron chi connectivity index (χ1n) is 8.22. The summed E-state index contributed by atoms with van der Waals surface area (Å²) in [5.74, 6) is -2.23. The van der Waals surface area contributed by atoms with E-state index in [-0.39, 0.29) is 11.1 Å². The lowest BCUT2D eigenvalue weighted by molar-refractivity contribution is 0.0699. The SMILES string of the molecule is Cc1nc2c(C(=O)O)cc(-c3ccc(-c4cccc(F)c4F)cc3)cc2[nH]1. The van der Waals surface area contributed by atoms with E-state index in [9.17, 15) is 18.7 Å². The summed E-state index contributed by atoms with van der Waals surface area (Å²) in [6.07, 6.45) is 0. The molecular formula is C21H14F2N2O2. The van der Waals surface area contributed by atoms with Gasteiger partial charge in [0.2, 0.25) is 0 Å². The molecule has 6 heteroatoms. The smallest absolute Gasteiger partial charge is 0.337 e. The van der Waals surface area contributed by atoms with E-state index in [4.69, 9.17) is 0 Å². The van der Waals surface area contributed by atoms with E-state index in [1.807, 2.05) is 6.07 Å². The van der Waals surface area contributed by atoms with Crippen molar-refractivity contribution in [2.75, 3.05) is 0 Å². The summed E-state index contributed by atoms with van der Waals surface area (Å²) in [5, 5.41) is 9.48. The summed E-state index contributed by atoms with van der Waals surface area (Å²) in [4.78, 5) is 18.9. The van der Waals surface area contributed by atoms with Crippen LogP contribution in [0.5, 0.6) is 0 Å². The topological polar surface area (TPSA) is 66.0 Å². The van der Waals surface area contributed by atoms with E-state index in [1.165, 1.54) is 12.1 Å². The quantitative estimate of drug-likeness (QED) is 0.526. The highest BCUT2D eigenvalue weighted by Crippen LogP contribution is 2.30. The highest BCUT2D eigenvalue weighted by molar-refractivity contribution is 6.03. The molecule has 0 amide bonds. The normalized spacial score (nSPS) is 11.1. The Kier molecular flexibility index (Phi) is 3.96. The van der Waals surface area contributed by atoms with Gasteiger partial charge in [-0.1, -0.05) is 36.4 Å². The highest BCUT2D eigenvalue weighted by atomic mass is 19.2. The van der Waals surface area contributed by atoms with Gasteiger partial charge in [-0.05, 0) is 41.8 Å². The minimum Gasteiger partial charge on any atom is -0.478 e. The number of aryl methyl sites for hydroxylation is 1. The molecule has 0 aliphatic heterocycles. The largest absolute Gasteiger partial charge is 0.478 e. The van der Waals surface area contributed by atoms with Crippen LogP contribution in [0.2, 0.25) is 0 Å². The molecule has 0 aliphatic rings. The Morgan fingerprint density at radius 2 is 1.70 bits per heavy atom. The maximum Gasteiger partial charge on any atom is 0.337 e. The molecule has 134 valence electrons. The number of carbonyl (C=O) groups is 1. The first-order valence-corrected chi connectivity index (χ1v) is 8.22. The maximum absolute atomic E-state index is 14.0. The molecule has 0 saturated carbocycles. The van der Waals surface area contributed by atoms with Crippen molar-refractivity contribution in [3.63, 3.8) is 0 Å². The van der Waals surface area contributed by atoms with Crippen LogP contribution < -0.4 is 0 Å². The summed E-state index contributed by atoms with van der Waals surface area (Å²) < 4.78 is 27.4. The Bertz CT molecular complexity index is 1180. The average molecular weight is 364 g/mol. The van der Waals surface area contributed by atoms with Gasteiger partial charge in [0.15, 0.2) is 11.6 Å². The van der Waals surface area contributed by atoms with Crippen LogP contribution in [-0.2, 0) is 0 Å². The first kappa shape index (κ1) is 16.9. The van der Waals surface area contributed by atoms with Crippen molar-refractivity contribution in [1.82, 2.24) is 9.97 Å². The van der Waals surface area contributed by atoms with Crippen molar-refractivity contribution in [2.45, 2.75) is 6.92 Å². The predicted molar refractivity (Wildman–Crippen MR) is 98.6 cm³/mol. The molecule has 4 aromatic rings. The van der Waals surface area contributed by atoms with Crippen LogP contribution in [0.1, 0.15) is 16.2 Å². The lowest BCUT2D eigenvalue weighted by atomic mass is 9.98. The number of benzene rings is 3. The number of carboxylic acids is 1. The molecule has 2 N–H and O–H groups in total. The zero-order valence-electron chi connectivity index (χ0n) is 14.3. The Morgan fingerprint density at radius 1 is 1.00 bits per heavy atom. The number of hydrogen-bond donors (Lipinski definition) is 2. The molecule has 0 bridgehead atoms. The van der Waals surface area contributed by atoms with Gasteiger partial charge in [-0.15, -0.1) is 0 Å². The number of halogens is 2. The van der Waals surface area contributed by atoms with Crippen molar-refractivity contribution in [3.8, 4) is 22.3 Å². The molecule has 27 heavy (non-hydrogen) atoms. The van der Waals surface area contributed by atoms with E-state index >= 15 is 0 Å². The number of aromatic nitrogens is 2. The number of hydrogen-bond acceptors (Lipinski definition) is 2. The maximum atomic E-state index is 14.0. The fraction of sp³-hybridized carbons (Fsp3) is 0.0476. The van der Waals surface area contributed by atoms with Crippen molar-refractivity contribution < 1.29 is 18.7 Å². The van der Waals surface area contributed by atoms with E-state index in [2.05, 4.69) is 9.97 Å². The van der Waals surface area contributed by atoms with Gasteiger partial charge in [-0.25, -0.2) is 18.6 Å². The second kappa shape index (κ2) is 6.32. The lowest BCUT2D eigenvalue weighted by Gasteiger charge is -2.08. The number of imidazole rings is 1. The first-order chi connectivity index (χ1) is 12.9. The number of carboxylic acid groups (broad SMARTS) is 1. The van der Waals surface area contributed by atoms with E-state index in [0.29, 0.717) is 28.0 Å². The Morgan fingerprint density at radius 3 is 2.41 bits per heavy atom. The summed E-state index contributed by atoms with van der Waals surface area (Å²) in [6, 6.07) is 14.3. The monoisotopic (exact) mass is 364 g/mol. The van der Waals surface area contributed by atoms with Crippen LogP contribution in [0.4, 0.5) is 8.78 Å². The second-order valence-electron chi connectivity index (χ2n) is 6.23. The Labute approximate surface area is 153 Å². The number of rotatable bonds is 3. The van der Waals surface area contributed by atoms with Crippen LogP contribution >= 0.6 is 0 Å². The second-order valence-corrected chi connectivity index (χ2v) is 6.23. The highest BCUT2D eigenvalue weighted by Gasteiger charge is 2.15. The minimum atomic E-state index is -1.06. The molecule has 0 radical (unpaired) electrons. The number of aromatic carboxylic acids is 1. The third kappa shape index (κ3) is 2.95. The summed E-state index contributed by atoms with van der Waals surface area (Å²) in [7, 11) is 0. The van der Waals surface area contributed by atoms with Crippen LogP contribution in [-0.4, -0.2) is 21.0 Å². The standard InChI is InChI=1S/C21H14F2N2O2/c1-11-24-18-10-14(9-16(21(26)27)20(18)25-11)12-5-7-13(8-6-12)15-3-2-4-17(22)19(15)23/h2-10H,1H3,(H,24,25)(H,26,27). The van der Waals surface area contributed by atoms with Gasteiger partial charge in [-0.3, -0.25) is 0 Å². The van der Waals surface area contributed by atoms with Crippen molar-refractivity contribution in [3.05, 3.63) is 77.6 Å². The number of nitrogens with zero attached hydrogens (tertiary/aromatic N) is 1. The lowest BCUT2D eigenvalue weighted by Crippen LogP contribution is -1.98. The van der Waals surface area contributed by atoms with Crippen LogP contribution in [0.25, 0.3) is 33.3 Å². The van der Waals surface area contributed by atoms with Gasteiger partial charge < -0.3 is 10.1 Å². The molecule has 4 rings (SSSR count). The van der Waals surface area contributed by atoms with Gasteiger partial charge in [0, 0.05) is 5.56 Å². The molecule has 1 heterocycles. The Balaban J connectivity index is 1.80. The number of nitrogens with one attached hydrogen (secondary N) is 1. The Hall–Kier alpha value is -3.54. The van der Waals surface area contributed by atoms with Gasteiger partial charge >= 0.3 is 5.97 Å². The van der Waals surface area contributed by atoms with E-state index < -0.39 is 17.6 Å². The molecule has 1 aromatic heterocycles. The summed E-state index contributed by atoms with van der Waals surface area (Å²) >= 11 is 0. The molecule has 0 aliphatic carbocycles. The molecule has 0 atom stereocenters. The van der Waals surface area contributed by atoms with Crippen LogP contribution in [0.3, 0.4) is 0 Å². The minimum absolute atomic E-state index is 0.104. The molecule has 4 nitrogen and oxygen atoms in total. The van der Waals surface area contributed by atoms with E-state index in [0.717, 1.165) is 11.6 Å². The fourth-order valence-corrected chi connectivity index (χ4v) is 3.14. The third-order valence-corrected chi connectivity index (χ3v) is 4.42. The molecule has 0 fully saturated rings.